The van der Waals surface area contributed by atoms with Gasteiger partial charge in [-0.05, 0) is 51.2 Å². The number of hydrogen-bond donors (Lipinski definition) is 0. The summed E-state index contributed by atoms with van der Waals surface area (Å²) in [6, 6.07) is 3.88. The molecule has 1 aromatic rings. The van der Waals surface area contributed by atoms with E-state index in [9.17, 15) is 19.2 Å². The molecular formula is C23H31N3O6. The van der Waals surface area contributed by atoms with Crippen molar-refractivity contribution in [2.45, 2.75) is 58.9 Å². The maximum absolute atomic E-state index is 13.0. The van der Waals surface area contributed by atoms with Gasteiger partial charge in [0.05, 0.1) is 18.9 Å². The average Bonchev–Trinajstić information content (AvgIpc) is 2.99. The molecule has 2 fully saturated rings. The second kappa shape index (κ2) is 10.5. The van der Waals surface area contributed by atoms with E-state index in [0.717, 1.165) is 41.9 Å². The predicted molar refractivity (Wildman–Crippen MR) is 118 cm³/mol. The zero-order valence-electron chi connectivity index (χ0n) is 19.0. The number of urea groups is 1. The van der Waals surface area contributed by atoms with Crippen molar-refractivity contribution in [2.24, 2.45) is 0 Å². The Kier molecular flexibility index (Phi) is 7.71. The zero-order chi connectivity index (χ0) is 23.3. The summed E-state index contributed by atoms with van der Waals surface area (Å²) in [5, 5.41) is 0. The van der Waals surface area contributed by atoms with Gasteiger partial charge in [0.25, 0.3) is 0 Å². The van der Waals surface area contributed by atoms with Gasteiger partial charge >= 0.3 is 17.8 Å². The van der Waals surface area contributed by atoms with Gasteiger partial charge in [0.15, 0.2) is 11.5 Å². The molecule has 174 valence electrons. The van der Waals surface area contributed by atoms with Crippen LogP contribution in [0, 0.1) is 0 Å². The summed E-state index contributed by atoms with van der Waals surface area (Å²) in [4.78, 5) is 54.1. The van der Waals surface area contributed by atoms with Crippen LogP contribution in [0.25, 0.3) is 0 Å². The number of likely N-dealkylation sites (tertiary alicyclic amines) is 1. The van der Waals surface area contributed by atoms with Gasteiger partial charge in [-0.3, -0.25) is 14.4 Å². The Morgan fingerprint density at radius 1 is 1.00 bits per heavy atom. The van der Waals surface area contributed by atoms with Gasteiger partial charge in [-0.2, -0.15) is 0 Å². The summed E-state index contributed by atoms with van der Waals surface area (Å²) in [6.07, 6.45) is 4.38. The molecule has 0 N–H and O–H groups in total. The van der Waals surface area contributed by atoms with Crippen LogP contribution in [0.3, 0.4) is 0 Å². The molecule has 2 saturated heterocycles. The van der Waals surface area contributed by atoms with Crippen molar-refractivity contribution >= 4 is 29.4 Å². The van der Waals surface area contributed by atoms with Crippen LogP contribution in [0.1, 0.15) is 52.9 Å². The monoisotopic (exact) mass is 445 g/mol. The first kappa shape index (κ1) is 23.6. The second-order valence-electron chi connectivity index (χ2n) is 8.07. The lowest BCUT2D eigenvalue weighted by Crippen LogP contribution is -2.48. The average molecular weight is 446 g/mol. The van der Waals surface area contributed by atoms with Gasteiger partial charge in [0.1, 0.15) is 6.54 Å². The third-order valence-corrected chi connectivity index (χ3v) is 5.58. The van der Waals surface area contributed by atoms with Crippen molar-refractivity contribution in [3.63, 3.8) is 0 Å². The lowest BCUT2D eigenvalue weighted by Gasteiger charge is -2.34. The van der Waals surface area contributed by atoms with E-state index in [4.69, 9.17) is 9.47 Å². The molecule has 1 aromatic carbocycles. The Morgan fingerprint density at radius 3 is 2.34 bits per heavy atom. The minimum absolute atomic E-state index is 0.0461. The van der Waals surface area contributed by atoms with E-state index in [1.807, 2.05) is 20.8 Å². The lowest BCUT2D eigenvalue weighted by atomic mass is 10.0. The number of carbonyl (C=O) groups is 4. The lowest BCUT2D eigenvalue weighted by molar-refractivity contribution is -0.143. The Bertz CT molecular complexity index is 886. The molecule has 0 radical (unpaired) electrons. The number of benzene rings is 1. The SMILES string of the molecule is CCCOc1ccc(N2C(=O)C(=O)N(CC(=O)N3CCCCC3C)C2=O)cc1OCCC. The molecule has 3 rings (SSSR count). The van der Waals surface area contributed by atoms with Gasteiger partial charge in [-0.1, -0.05) is 13.8 Å². The number of rotatable bonds is 9. The number of nitrogens with zero attached hydrogens (tertiary/aromatic N) is 3. The van der Waals surface area contributed by atoms with Gasteiger partial charge in [-0.25, -0.2) is 14.6 Å². The molecule has 0 spiro atoms. The van der Waals surface area contributed by atoms with Gasteiger partial charge in [0.2, 0.25) is 5.91 Å². The molecule has 5 amide bonds. The highest BCUT2D eigenvalue weighted by Crippen LogP contribution is 2.34. The van der Waals surface area contributed by atoms with Crippen molar-refractivity contribution in [1.82, 2.24) is 9.80 Å². The molecule has 0 aliphatic carbocycles. The number of hydrogen-bond acceptors (Lipinski definition) is 6. The first-order valence-electron chi connectivity index (χ1n) is 11.3. The Labute approximate surface area is 188 Å². The zero-order valence-corrected chi connectivity index (χ0v) is 19.0. The van der Waals surface area contributed by atoms with Crippen LogP contribution < -0.4 is 14.4 Å². The van der Waals surface area contributed by atoms with Crippen LogP contribution in [-0.2, 0) is 14.4 Å². The largest absolute Gasteiger partial charge is 0.490 e. The highest BCUT2D eigenvalue weighted by atomic mass is 16.5. The number of carbonyl (C=O) groups excluding carboxylic acids is 4. The molecule has 2 aliphatic heterocycles. The van der Waals surface area contributed by atoms with E-state index >= 15 is 0 Å². The van der Waals surface area contributed by atoms with Gasteiger partial charge in [-0.15, -0.1) is 0 Å². The minimum atomic E-state index is -1.00. The molecule has 9 heteroatoms. The van der Waals surface area contributed by atoms with E-state index < -0.39 is 24.4 Å². The fourth-order valence-electron chi connectivity index (χ4n) is 3.86. The minimum Gasteiger partial charge on any atom is -0.490 e. The van der Waals surface area contributed by atoms with E-state index in [0.29, 0.717) is 31.3 Å². The highest BCUT2D eigenvalue weighted by Gasteiger charge is 2.47. The van der Waals surface area contributed by atoms with Crippen molar-refractivity contribution < 1.29 is 28.7 Å². The van der Waals surface area contributed by atoms with E-state index in [-0.39, 0.29) is 17.6 Å². The van der Waals surface area contributed by atoms with Crippen LogP contribution in [0.5, 0.6) is 11.5 Å². The number of ether oxygens (including phenoxy) is 2. The van der Waals surface area contributed by atoms with E-state index in [1.54, 1.807) is 11.0 Å². The number of amides is 5. The molecule has 32 heavy (non-hydrogen) atoms. The maximum Gasteiger partial charge on any atom is 0.339 e. The molecule has 1 atom stereocenters. The topological polar surface area (TPSA) is 96.5 Å². The summed E-state index contributed by atoms with van der Waals surface area (Å²) in [7, 11) is 0. The van der Waals surface area contributed by atoms with Crippen molar-refractivity contribution in [3.8, 4) is 11.5 Å². The molecule has 0 bridgehead atoms. The van der Waals surface area contributed by atoms with Crippen LogP contribution in [0.2, 0.25) is 0 Å². The van der Waals surface area contributed by atoms with Crippen LogP contribution in [-0.4, -0.2) is 65.9 Å². The fourth-order valence-corrected chi connectivity index (χ4v) is 3.86. The van der Waals surface area contributed by atoms with Gasteiger partial charge < -0.3 is 14.4 Å². The number of imide groups is 2. The molecule has 2 aliphatic rings. The van der Waals surface area contributed by atoms with Crippen molar-refractivity contribution in [2.75, 3.05) is 31.2 Å². The fraction of sp³-hybridized carbons (Fsp3) is 0.565. The molecule has 2 heterocycles. The summed E-state index contributed by atoms with van der Waals surface area (Å²) >= 11 is 0. The Morgan fingerprint density at radius 2 is 1.69 bits per heavy atom. The number of anilines is 1. The molecule has 0 aromatic heterocycles. The quantitative estimate of drug-likeness (QED) is 0.428. The highest BCUT2D eigenvalue weighted by molar-refractivity contribution is 6.53. The van der Waals surface area contributed by atoms with Crippen LogP contribution in [0.4, 0.5) is 10.5 Å². The van der Waals surface area contributed by atoms with E-state index in [2.05, 4.69) is 0 Å². The smallest absolute Gasteiger partial charge is 0.339 e. The summed E-state index contributed by atoms with van der Waals surface area (Å²) in [6.45, 7) is 6.96. The first-order valence-corrected chi connectivity index (χ1v) is 11.3. The van der Waals surface area contributed by atoms with Crippen LogP contribution in [0.15, 0.2) is 18.2 Å². The third kappa shape index (κ3) is 4.87. The molecule has 9 nitrogen and oxygen atoms in total. The van der Waals surface area contributed by atoms with Crippen molar-refractivity contribution in [3.05, 3.63) is 18.2 Å². The van der Waals surface area contributed by atoms with E-state index in [1.165, 1.54) is 12.1 Å². The predicted octanol–water partition coefficient (Wildman–Crippen LogP) is 2.96. The third-order valence-electron chi connectivity index (χ3n) is 5.58. The van der Waals surface area contributed by atoms with Crippen LogP contribution >= 0.6 is 0 Å². The Balaban J connectivity index is 1.80. The Hall–Kier alpha value is -3.10. The standard InChI is InChI=1S/C23H31N3O6/c1-4-12-31-18-10-9-17(14-19(18)32-13-5-2)26-22(29)21(28)25(23(26)30)15-20(27)24-11-7-6-8-16(24)3/h9-10,14,16H,4-8,11-13,15H2,1-3H3. The molecule has 1 unspecified atom stereocenters. The summed E-state index contributed by atoms with van der Waals surface area (Å²) in [5.41, 5.74) is 0.199. The molecular weight excluding hydrogens is 414 g/mol. The molecule has 0 saturated carbocycles. The summed E-state index contributed by atoms with van der Waals surface area (Å²) < 4.78 is 11.4. The normalized spacial score (nSPS) is 19.0. The first-order chi connectivity index (χ1) is 15.4. The van der Waals surface area contributed by atoms with Gasteiger partial charge in [0, 0.05) is 18.7 Å². The second-order valence-corrected chi connectivity index (χ2v) is 8.07. The maximum atomic E-state index is 13.0. The summed E-state index contributed by atoms with van der Waals surface area (Å²) in [5.74, 6) is -1.43. The van der Waals surface area contributed by atoms with Crippen molar-refractivity contribution in [1.29, 1.82) is 0 Å². The number of piperidine rings is 1.